The molecule has 2 rings (SSSR count). The van der Waals surface area contributed by atoms with E-state index in [4.69, 9.17) is 5.73 Å². The van der Waals surface area contributed by atoms with Crippen molar-refractivity contribution in [1.29, 1.82) is 0 Å². The van der Waals surface area contributed by atoms with Crippen LogP contribution in [0.1, 0.15) is 51.2 Å². The van der Waals surface area contributed by atoms with Crippen molar-refractivity contribution in [2.75, 3.05) is 0 Å². The van der Waals surface area contributed by atoms with E-state index >= 15 is 0 Å². The molecule has 2 aromatic rings. The predicted octanol–water partition coefficient (Wildman–Crippen LogP) is 4.59. The second kappa shape index (κ2) is 5.48. The molecular weight excluding hydrogens is 250 g/mol. The number of benzene rings is 1. The highest BCUT2D eigenvalue weighted by atomic mass is 32.1. The number of rotatable bonds is 3. The smallest absolute Gasteiger partial charge is 0.0654 e. The number of thiophene rings is 1. The Labute approximate surface area is 120 Å². The summed E-state index contributed by atoms with van der Waals surface area (Å²) in [5.74, 6) is 0. The van der Waals surface area contributed by atoms with Crippen LogP contribution in [-0.2, 0) is 6.42 Å². The van der Waals surface area contributed by atoms with E-state index in [1.54, 1.807) is 11.3 Å². The van der Waals surface area contributed by atoms with Crippen LogP contribution in [0.4, 0.5) is 0 Å². The maximum absolute atomic E-state index is 6.59. The molecule has 2 N–H and O–H groups in total. The van der Waals surface area contributed by atoms with E-state index in [0.717, 1.165) is 6.42 Å². The maximum Gasteiger partial charge on any atom is 0.0654 e. The van der Waals surface area contributed by atoms with Crippen molar-refractivity contribution in [3.63, 3.8) is 0 Å². The average Bonchev–Trinajstić information content (AvgIpc) is 2.84. The van der Waals surface area contributed by atoms with Gasteiger partial charge in [-0.25, -0.2) is 0 Å². The summed E-state index contributed by atoms with van der Waals surface area (Å²) in [5.41, 5.74) is 14.6. The van der Waals surface area contributed by atoms with Crippen LogP contribution >= 0.6 is 11.3 Å². The third-order valence-electron chi connectivity index (χ3n) is 4.18. The van der Waals surface area contributed by atoms with Crippen molar-refractivity contribution < 1.29 is 0 Å². The molecule has 2 heteroatoms. The van der Waals surface area contributed by atoms with E-state index in [1.165, 1.54) is 38.3 Å². The van der Waals surface area contributed by atoms with Crippen molar-refractivity contribution in [1.82, 2.24) is 0 Å². The largest absolute Gasteiger partial charge is 0.320 e. The summed E-state index contributed by atoms with van der Waals surface area (Å²) in [6, 6.07) is 4.47. The molecule has 0 aliphatic rings. The van der Waals surface area contributed by atoms with Crippen LogP contribution in [0.15, 0.2) is 17.5 Å². The maximum atomic E-state index is 6.59. The van der Waals surface area contributed by atoms with Crippen LogP contribution in [0.5, 0.6) is 0 Å². The first-order valence-electron chi connectivity index (χ1n) is 6.86. The minimum absolute atomic E-state index is 0.00792. The van der Waals surface area contributed by atoms with Gasteiger partial charge < -0.3 is 5.73 Å². The van der Waals surface area contributed by atoms with Gasteiger partial charge in [0.05, 0.1) is 6.04 Å². The zero-order valence-corrected chi connectivity index (χ0v) is 13.3. The van der Waals surface area contributed by atoms with Crippen molar-refractivity contribution >= 4 is 11.3 Å². The summed E-state index contributed by atoms with van der Waals surface area (Å²) in [7, 11) is 0. The Morgan fingerprint density at radius 3 is 2.21 bits per heavy atom. The van der Waals surface area contributed by atoms with Gasteiger partial charge in [0.1, 0.15) is 0 Å². The fraction of sp³-hybridized carbons (Fsp3) is 0.412. The van der Waals surface area contributed by atoms with Gasteiger partial charge in [0, 0.05) is 4.88 Å². The lowest BCUT2D eigenvalue weighted by atomic mass is 9.88. The van der Waals surface area contributed by atoms with Crippen LogP contribution in [0.25, 0.3) is 0 Å². The van der Waals surface area contributed by atoms with E-state index in [2.05, 4.69) is 52.1 Å². The van der Waals surface area contributed by atoms with E-state index in [9.17, 15) is 0 Å². The molecule has 0 saturated carbocycles. The van der Waals surface area contributed by atoms with Gasteiger partial charge >= 0.3 is 0 Å². The van der Waals surface area contributed by atoms with Gasteiger partial charge in [-0.1, -0.05) is 13.0 Å². The number of aryl methyl sites for hydroxylation is 3. The topological polar surface area (TPSA) is 26.0 Å². The van der Waals surface area contributed by atoms with E-state index in [0.29, 0.717) is 0 Å². The molecular formula is C17H23NS. The fourth-order valence-electron chi connectivity index (χ4n) is 2.76. The summed E-state index contributed by atoms with van der Waals surface area (Å²) in [4.78, 5) is 1.32. The highest BCUT2D eigenvalue weighted by molar-refractivity contribution is 7.10. The average molecular weight is 273 g/mol. The van der Waals surface area contributed by atoms with Gasteiger partial charge in [-0.2, -0.15) is 0 Å². The van der Waals surface area contributed by atoms with Crippen LogP contribution in [0, 0.1) is 27.7 Å². The second-order valence-corrected chi connectivity index (χ2v) is 6.26. The third kappa shape index (κ3) is 2.47. The van der Waals surface area contributed by atoms with Crippen molar-refractivity contribution in [3.05, 3.63) is 55.8 Å². The molecule has 1 unspecified atom stereocenters. The first kappa shape index (κ1) is 14.3. The molecule has 19 heavy (non-hydrogen) atoms. The highest BCUT2D eigenvalue weighted by Crippen LogP contribution is 2.34. The molecule has 0 fully saturated rings. The quantitative estimate of drug-likeness (QED) is 0.869. The van der Waals surface area contributed by atoms with Gasteiger partial charge in [0.15, 0.2) is 0 Å². The molecule has 0 bridgehead atoms. The monoisotopic (exact) mass is 273 g/mol. The molecule has 1 nitrogen and oxygen atoms in total. The first-order chi connectivity index (χ1) is 8.97. The Morgan fingerprint density at radius 1 is 1.11 bits per heavy atom. The molecule has 0 aliphatic heterocycles. The minimum atomic E-state index is 0.00792. The molecule has 0 radical (unpaired) electrons. The summed E-state index contributed by atoms with van der Waals surface area (Å²) in [6.07, 6.45) is 1.05. The van der Waals surface area contributed by atoms with Gasteiger partial charge in [-0.05, 0) is 78.9 Å². The predicted molar refractivity (Wildman–Crippen MR) is 85.1 cm³/mol. The van der Waals surface area contributed by atoms with Gasteiger partial charge in [-0.3, -0.25) is 0 Å². The first-order valence-corrected chi connectivity index (χ1v) is 7.74. The zero-order chi connectivity index (χ0) is 14.2. The molecule has 0 spiro atoms. The Kier molecular flexibility index (Phi) is 4.12. The van der Waals surface area contributed by atoms with E-state index in [-0.39, 0.29) is 6.04 Å². The normalized spacial score (nSPS) is 12.7. The molecule has 0 aliphatic carbocycles. The Hall–Kier alpha value is -1.12. The van der Waals surface area contributed by atoms with Crippen LogP contribution in [0.3, 0.4) is 0 Å². The molecule has 1 aromatic carbocycles. The van der Waals surface area contributed by atoms with Gasteiger partial charge in [-0.15, -0.1) is 11.3 Å². The standard InChI is InChI=1S/C17H23NS/c1-6-14-7-8-19-17(14)16(18)15-12(4)10(2)9-11(3)13(15)5/h7-9,16H,6,18H2,1-5H3. The summed E-state index contributed by atoms with van der Waals surface area (Å²) < 4.78 is 0. The highest BCUT2D eigenvalue weighted by Gasteiger charge is 2.19. The molecule has 1 aromatic heterocycles. The second-order valence-electron chi connectivity index (χ2n) is 5.32. The Morgan fingerprint density at radius 2 is 1.68 bits per heavy atom. The SMILES string of the molecule is CCc1ccsc1C(N)c1c(C)c(C)cc(C)c1C. The van der Waals surface area contributed by atoms with Gasteiger partial charge in [0.25, 0.3) is 0 Å². The van der Waals surface area contributed by atoms with Gasteiger partial charge in [0.2, 0.25) is 0 Å². The zero-order valence-electron chi connectivity index (χ0n) is 12.5. The molecule has 0 amide bonds. The summed E-state index contributed by atoms with van der Waals surface area (Å²) in [5, 5.41) is 2.15. The number of hydrogen-bond donors (Lipinski definition) is 1. The van der Waals surface area contributed by atoms with Crippen molar-refractivity contribution in [2.24, 2.45) is 5.73 Å². The number of nitrogens with two attached hydrogens (primary N) is 1. The van der Waals surface area contributed by atoms with Crippen LogP contribution in [0.2, 0.25) is 0 Å². The van der Waals surface area contributed by atoms with Crippen molar-refractivity contribution in [3.8, 4) is 0 Å². The molecule has 102 valence electrons. The minimum Gasteiger partial charge on any atom is -0.320 e. The molecule has 1 atom stereocenters. The van der Waals surface area contributed by atoms with Crippen molar-refractivity contribution in [2.45, 2.75) is 47.1 Å². The summed E-state index contributed by atoms with van der Waals surface area (Å²) >= 11 is 1.78. The van der Waals surface area contributed by atoms with E-state index in [1.807, 2.05) is 0 Å². The van der Waals surface area contributed by atoms with Crippen LogP contribution in [-0.4, -0.2) is 0 Å². The summed E-state index contributed by atoms with van der Waals surface area (Å²) in [6.45, 7) is 10.9. The Bertz CT molecular complexity index is 569. The van der Waals surface area contributed by atoms with Crippen LogP contribution < -0.4 is 5.73 Å². The molecule has 1 heterocycles. The lowest BCUT2D eigenvalue weighted by molar-refractivity contribution is 0.849. The number of hydrogen-bond acceptors (Lipinski definition) is 2. The Balaban J connectivity index is 2.59. The lowest BCUT2D eigenvalue weighted by Gasteiger charge is -2.21. The van der Waals surface area contributed by atoms with E-state index < -0.39 is 0 Å². The third-order valence-corrected chi connectivity index (χ3v) is 5.22. The molecule has 0 saturated heterocycles. The fourth-order valence-corrected chi connectivity index (χ4v) is 3.76. The lowest BCUT2D eigenvalue weighted by Crippen LogP contribution is -2.16.